The van der Waals surface area contributed by atoms with Crippen LogP contribution in [0.5, 0.6) is 0 Å². The molecule has 1 aromatic carbocycles. The van der Waals surface area contributed by atoms with Crippen LogP contribution in [0.2, 0.25) is 0 Å². The second-order valence-electron chi connectivity index (χ2n) is 4.39. The summed E-state index contributed by atoms with van der Waals surface area (Å²) in [4.78, 5) is 23.2. The number of Topliss-reactive ketones (excluding diaryl/α,β-unsaturated/α-hetero) is 1. The molecule has 1 aliphatic rings. The predicted octanol–water partition coefficient (Wildman–Crippen LogP) is 3.12. The van der Waals surface area contributed by atoms with Gasteiger partial charge in [0.1, 0.15) is 0 Å². The molecule has 3 nitrogen and oxygen atoms in total. The standard InChI is InChI=1S/C13H15NO2/c1-2-3-8-13(14-16)9-10-6-4-5-7-11(10)12(13)15/h4-7H,2-3,8-9H2,1H3. The van der Waals surface area contributed by atoms with Crippen LogP contribution in [0, 0.1) is 4.91 Å². The largest absolute Gasteiger partial charge is 0.291 e. The number of fused-ring (bicyclic) bond motifs is 1. The Kier molecular flexibility index (Phi) is 2.86. The van der Waals surface area contributed by atoms with Crippen molar-refractivity contribution in [2.24, 2.45) is 5.18 Å². The number of rotatable bonds is 4. The van der Waals surface area contributed by atoms with E-state index < -0.39 is 5.54 Å². The topological polar surface area (TPSA) is 46.5 Å². The van der Waals surface area contributed by atoms with Gasteiger partial charge in [-0.15, -0.1) is 4.91 Å². The van der Waals surface area contributed by atoms with Crippen LogP contribution in [0.3, 0.4) is 0 Å². The van der Waals surface area contributed by atoms with E-state index in [0.717, 1.165) is 18.4 Å². The fraction of sp³-hybridized carbons (Fsp3) is 0.462. The second kappa shape index (κ2) is 4.16. The Labute approximate surface area is 94.8 Å². The number of unbranched alkanes of at least 4 members (excludes halogenated alkanes) is 1. The van der Waals surface area contributed by atoms with Crippen molar-refractivity contribution in [3.63, 3.8) is 0 Å². The minimum Gasteiger partial charge on any atom is -0.291 e. The number of ketones is 1. The molecule has 0 radical (unpaired) electrons. The summed E-state index contributed by atoms with van der Waals surface area (Å²) < 4.78 is 0. The molecule has 1 unspecified atom stereocenters. The molecule has 3 heteroatoms. The molecule has 16 heavy (non-hydrogen) atoms. The van der Waals surface area contributed by atoms with Crippen LogP contribution >= 0.6 is 0 Å². The number of hydrogen-bond donors (Lipinski definition) is 0. The number of nitroso groups, excluding NO2 is 1. The van der Waals surface area contributed by atoms with Crippen LogP contribution in [0.25, 0.3) is 0 Å². The van der Waals surface area contributed by atoms with E-state index in [9.17, 15) is 9.70 Å². The summed E-state index contributed by atoms with van der Waals surface area (Å²) in [5.41, 5.74) is 0.626. The lowest BCUT2D eigenvalue weighted by Gasteiger charge is -2.17. The third-order valence-corrected chi connectivity index (χ3v) is 3.29. The first-order valence-electron chi connectivity index (χ1n) is 5.71. The third kappa shape index (κ3) is 1.56. The summed E-state index contributed by atoms with van der Waals surface area (Å²) >= 11 is 0. The van der Waals surface area contributed by atoms with Gasteiger partial charge in [0.05, 0.1) is 0 Å². The van der Waals surface area contributed by atoms with Crippen molar-refractivity contribution in [3.8, 4) is 0 Å². The molecule has 0 bridgehead atoms. The molecule has 0 spiro atoms. The van der Waals surface area contributed by atoms with Crippen molar-refractivity contribution < 1.29 is 4.79 Å². The van der Waals surface area contributed by atoms with Gasteiger partial charge >= 0.3 is 0 Å². The highest BCUT2D eigenvalue weighted by Crippen LogP contribution is 2.36. The van der Waals surface area contributed by atoms with Gasteiger partial charge in [0.15, 0.2) is 11.3 Å². The molecule has 0 saturated carbocycles. The Morgan fingerprint density at radius 3 is 2.75 bits per heavy atom. The van der Waals surface area contributed by atoms with E-state index in [0.29, 0.717) is 18.4 Å². The zero-order valence-electron chi connectivity index (χ0n) is 9.40. The number of nitrogens with zero attached hydrogens (tertiary/aromatic N) is 1. The minimum atomic E-state index is -1.01. The maximum absolute atomic E-state index is 12.2. The molecule has 1 atom stereocenters. The van der Waals surface area contributed by atoms with E-state index in [2.05, 4.69) is 5.18 Å². The first kappa shape index (κ1) is 11.0. The first-order valence-corrected chi connectivity index (χ1v) is 5.71. The number of benzene rings is 1. The molecule has 0 aromatic heterocycles. The molecule has 0 saturated heterocycles. The summed E-state index contributed by atoms with van der Waals surface area (Å²) in [6.45, 7) is 2.05. The van der Waals surface area contributed by atoms with E-state index in [-0.39, 0.29) is 5.78 Å². The average molecular weight is 217 g/mol. The average Bonchev–Trinajstić information content (AvgIpc) is 2.61. The maximum Gasteiger partial charge on any atom is 0.194 e. The molecule has 84 valence electrons. The lowest BCUT2D eigenvalue weighted by Crippen LogP contribution is -2.33. The summed E-state index contributed by atoms with van der Waals surface area (Å²) in [7, 11) is 0. The molecule has 0 heterocycles. The molecule has 1 aliphatic carbocycles. The van der Waals surface area contributed by atoms with Gasteiger partial charge in [-0.1, -0.05) is 49.2 Å². The van der Waals surface area contributed by atoms with E-state index >= 15 is 0 Å². The Morgan fingerprint density at radius 2 is 2.12 bits per heavy atom. The Balaban J connectivity index is 2.34. The van der Waals surface area contributed by atoms with Gasteiger partial charge in [0.25, 0.3) is 0 Å². The quantitative estimate of drug-likeness (QED) is 0.727. The van der Waals surface area contributed by atoms with Crippen LogP contribution in [0.15, 0.2) is 29.4 Å². The first-order chi connectivity index (χ1) is 7.73. The van der Waals surface area contributed by atoms with Crippen LogP contribution in [0.4, 0.5) is 0 Å². The van der Waals surface area contributed by atoms with Gasteiger partial charge < -0.3 is 0 Å². The van der Waals surface area contributed by atoms with Crippen LogP contribution in [0.1, 0.15) is 42.1 Å². The summed E-state index contributed by atoms with van der Waals surface area (Å²) in [6, 6.07) is 7.42. The zero-order chi connectivity index (χ0) is 11.6. The van der Waals surface area contributed by atoms with Crippen molar-refractivity contribution >= 4 is 5.78 Å². The fourth-order valence-corrected chi connectivity index (χ4v) is 2.33. The summed E-state index contributed by atoms with van der Waals surface area (Å²) in [5.74, 6) is -0.0912. The van der Waals surface area contributed by atoms with E-state index in [1.165, 1.54) is 0 Å². The van der Waals surface area contributed by atoms with Crippen molar-refractivity contribution in [1.82, 2.24) is 0 Å². The number of carbonyl (C=O) groups is 1. The molecular weight excluding hydrogens is 202 g/mol. The maximum atomic E-state index is 12.2. The molecule has 0 amide bonds. The lowest BCUT2D eigenvalue weighted by atomic mass is 9.89. The van der Waals surface area contributed by atoms with Gasteiger partial charge in [0.2, 0.25) is 0 Å². The van der Waals surface area contributed by atoms with Gasteiger partial charge in [-0.2, -0.15) is 0 Å². The summed E-state index contributed by atoms with van der Waals surface area (Å²) in [6.07, 6.45) is 2.89. The van der Waals surface area contributed by atoms with Gasteiger partial charge in [-0.3, -0.25) is 4.79 Å². The molecule has 1 aromatic rings. The molecule has 0 N–H and O–H groups in total. The van der Waals surface area contributed by atoms with E-state index in [1.807, 2.05) is 25.1 Å². The minimum absolute atomic E-state index is 0.0912. The molecular formula is C13H15NO2. The zero-order valence-corrected chi connectivity index (χ0v) is 9.40. The van der Waals surface area contributed by atoms with Crippen LogP contribution < -0.4 is 0 Å². The van der Waals surface area contributed by atoms with Gasteiger partial charge in [-0.05, 0) is 12.0 Å². The molecule has 0 aliphatic heterocycles. The molecule has 2 rings (SSSR count). The monoisotopic (exact) mass is 217 g/mol. The van der Waals surface area contributed by atoms with Crippen molar-refractivity contribution in [1.29, 1.82) is 0 Å². The fourth-order valence-electron chi connectivity index (χ4n) is 2.33. The molecule has 0 fully saturated rings. The van der Waals surface area contributed by atoms with Crippen molar-refractivity contribution in [3.05, 3.63) is 40.3 Å². The highest BCUT2D eigenvalue weighted by molar-refractivity contribution is 6.07. The Hall–Kier alpha value is -1.51. The lowest BCUT2D eigenvalue weighted by molar-refractivity contribution is 0.0899. The summed E-state index contributed by atoms with van der Waals surface area (Å²) in [5, 5.41) is 3.15. The Bertz CT molecular complexity index is 428. The van der Waals surface area contributed by atoms with Crippen molar-refractivity contribution in [2.75, 3.05) is 0 Å². The SMILES string of the molecule is CCCCC1(N=O)Cc2ccccc2C1=O. The Morgan fingerprint density at radius 1 is 1.38 bits per heavy atom. The van der Waals surface area contributed by atoms with Gasteiger partial charge in [0, 0.05) is 12.0 Å². The van der Waals surface area contributed by atoms with Crippen LogP contribution in [-0.4, -0.2) is 11.3 Å². The predicted molar refractivity (Wildman–Crippen MR) is 62.5 cm³/mol. The van der Waals surface area contributed by atoms with Crippen molar-refractivity contribution in [2.45, 2.75) is 38.1 Å². The van der Waals surface area contributed by atoms with E-state index in [1.54, 1.807) is 6.07 Å². The third-order valence-electron chi connectivity index (χ3n) is 3.29. The smallest absolute Gasteiger partial charge is 0.194 e. The normalized spacial score (nSPS) is 23.2. The van der Waals surface area contributed by atoms with E-state index in [4.69, 9.17) is 0 Å². The van der Waals surface area contributed by atoms with Crippen LogP contribution in [-0.2, 0) is 6.42 Å². The number of hydrogen-bond acceptors (Lipinski definition) is 3. The highest BCUT2D eigenvalue weighted by Gasteiger charge is 2.46. The second-order valence-corrected chi connectivity index (χ2v) is 4.39. The van der Waals surface area contributed by atoms with Gasteiger partial charge in [-0.25, -0.2) is 0 Å². The highest BCUT2D eigenvalue weighted by atomic mass is 16.3. The number of carbonyl (C=O) groups excluding carboxylic acids is 1.